The van der Waals surface area contributed by atoms with Crippen LogP contribution in [0.25, 0.3) is 0 Å². The molecule has 0 spiro atoms. The number of amides is 1. The summed E-state index contributed by atoms with van der Waals surface area (Å²) in [5.74, 6) is 0.124. The topological polar surface area (TPSA) is 55.4 Å². The van der Waals surface area contributed by atoms with E-state index < -0.39 is 6.09 Å². The van der Waals surface area contributed by atoms with Crippen LogP contribution in [0.15, 0.2) is 0 Å². The van der Waals surface area contributed by atoms with Crippen molar-refractivity contribution < 1.29 is 14.3 Å². The molecule has 1 N–H and O–H groups in total. The van der Waals surface area contributed by atoms with Crippen molar-refractivity contribution >= 4 is 11.9 Å². The number of rotatable bonds is 2. The first-order valence-corrected chi connectivity index (χ1v) is 4.70. The Morgan fingerprint density at radius 2 is 2.38 bits per heavy atom. The smallest absolute Gasteiger partial charge is 0.407 e. The average molecular weight is 185 g/mol. The fraction of sp³-hybridized carbons (Fsp3) is 0.778. The van der Waals surface area contributed by atoms with Crippen LogP contribution in [-0.2, 0) is 9.53 Å². The SMILES string of the molecule is CCOC(=O)NC1CCCCC1=O. The van der Waals surface area contributed by atoms with Gasteiger partial charge < -0.3 is 10.1 Å². The molecule has 1 aliphatic rings. The lowest BCUT2D eigenvalue weighted by Gasteiger charge is -2.20. The summed E-state index contributed by atoms with van der Waals surface area (Å²) >= 11 is 0. The summed E-state index contributed by atoms with van der Waals surface area (Å²) in [6.07, 6.45) is 2.79. The van der Waals surface area contributed by atoms with E-state index in [1.54, 1.807) is 6.92 Å². The highest BCUT2D eigenvalue weighted by Crippen LogP contribution is 2.14. The summed E-state index contributed by atoms with van der Waals surface area (Å²) in [4.78, 5) is 22.2. The molecule has 4 nitrogen and oxygen atoms in total. The first-order chi connectivity index (χ1) is 6.24. The first kappa shape index (κ1) is 10.0. The largest absolute Gasteiger partial charge is 0.450 e. The third-order valence-corrected chi connectivity index (χ3v) is 2.12. The van der Waals surface area contributed by atoms with Crippen molar-refractivity contribution in [3.8, 4) is 0 Å². The fourth-order valence-corrected chi connectivity index (χ4v) is 1.45. The van der Waals surface area contributed by atoms with Crippen LogP contribution in [0, 0.1) is 0 Å². The molecule has 1 fully saturated rings. The number of ketones is 1. The van der Waals surface area contributed by atoms with E-state index in [2.05, 4.69) is 5.32 Å². The molecular formula is C9H15NO3. The number of alkyl carbamates (subject to hydrolysis) is 1. The lowest BCUT2D eigenvalue weighted by molar-refractivity contribution is -0.122. The van der Waals surface area contributed by atoms with Gasteiger partial charge in [-0.25, -0.2) is 4.79 Å². The molecule has 0 heterocycles. The van der Waals surface area contributed by atoms with Crippen molar-refractivity contribution in [1.82, 2.24) is 5.32 Å². The molecule has 0 bridgehead atoms. The Morgan fingerprint density at radius 1 is 1.62 bits per heavy atom. The van der Waals surface area contributed by atoms with E-state index in [0.717, 1.165) is 19.3 Å². The lowest BCUT2D eigenvalue weighted by atomic mass is 9.94. The minimum atomic E-state index is -0.484. The number of nitrogens with one attached hydrogen (secondary N) is 1. The molecule has 13 heavy (non-hydrogen) atoms. The van der Waals surface area contributed by atoms with Crippen molar-refractivity contribution in [1.29, 1.82) is 0 Å². The van der Waals surface area contributed by atoms with E-state index in [0.29, 0.717) is 13.0 Å². The van der Waals surface area contributed by atoms with Gasteiger partial charge in [0.1, 0.15) is 0 Å². The maximum atomic E-state index is 11.3. The van der Waals surface area contributed by atoms with Gasteiger partial charge in [0.25, 0.3) is 0 Å². The molecular weight excluding hydrogens is 170 g/mol. The molecule has 1 saturated carbocycles. The second kappa shape index (κ2) is 4.84. The average Bonchev–Trinajstić information content (AvgIpc) is 2.09. The van der Waals surface area contributed by atoms with E-state index in [9.17, 15) is 9.59 Å². The van der Waals surface area contributed by atoms with Gasteiger partial charge in [0.2, 0.25) is 0 Å². The monoisotopic (exact) mass is 185 g/mol. The van der Waals surface area contributed by atoms with Crippen molar-refractivity contribution in [3.63, 3.8) is 0 Å². The van der Waals surface area contributed by atoms with E-state index in [1.807, 2.05) is 0 Å². The Hall–Kier alpha value is -1.06. The standard InChI is InChI=1S/C9H15NO3/c1-2-13-9(12)10-7-5-3-4-6-8(7)11/h7H,2-6H2,1H3,(H,10,12). The van der Waals surface area contributed by atoms with Gasteiger partial charge in [-0.05, 0) is 19.8 Å². The van der Waals surface area contributed by atoms with E-state index in [-0.39, 0.29) is 11.8 Å². The molecule has 1 atom stereocenters. The van der Waals surface area contributed by atoms with Crippen molar-refractivity contribution in [2.45, 2.75) is 38.6 Å². The Kier molecular flexibility index (Phi) is 3.73. The van der Waals surface area contributed by atoms with Crippen molar-refractivity contribution in [2.75, 3.05) is 6.61 Å². The predicted molar refractivity (Wildman–Crippen MR) is 47.4 cm³/mol. The molecule has 4 heteroatoms. The second-order valence-electron chi connectivity index (χ2n) is 3.13. The van der Waals surface area contributed by atoms with E-state index in [1.165, 1.54) is 0 Å². The van der Waals surface area contributed by atoms with Crippen LogP contribution in [0.5, 0.6) is 0 Å². The highest BCUT2D eigenvalue weighted by atomic mass is 16.5. The quantitative estimate of drug-likeness (QED) is 0.704. The van der Waals surface area contributed by atoms with Crippen LogP contribution >= 0.6 is 0 Å². The number of carbonyl (C=O) groups is 2. The minimum Gasteiger partial charge on any atom is -0.450 e. The van der Waals surface area contributed by atoms with Crippen LogP contribution in [0.3, 0.4) is 0 Å². The molecule has 0 radical (unpaired) electrons. The molecule has 1 amide bonds. The maximum Gasteiger partial charge on any atom is 0.407 e. The summed E-state index contributed by atoms with van der Waals surface area (Å²) < 4.78 is 4.69. The molecule has 0 saturated heterocycles. The zero-order valence-corrected chi connectivity index (χ0v) is 7.84. The first-order valence-electron chi connectivity index (χ1n) is 4.70. The minimum absolute atomic E-state index is 0.124. The summed E-state index contributed by atoms with van der Waals surface area (Å²) in [6, 6.07) is -0.312. The van der Waals surface area contributed by atoms with Crippen molar-refractivity contribution in [3.05, 3.63) is 0 Å². The van der Waals surface area contributed by atoms with E-state index >= 15 is 0 Å². The molecule has 1 rings (SSSR count). The molecule has 0 aromatic rings. The summed E-state index contributed by atoms with van der Waals surface area (Å²) in [7, 11) is 0. The summed E-state index contributed by atoms with van der Waals surface area (Å²) in [6.45, 7) is 2.08. The Labute approximate surface area is 77.6 Å². The van der Waals surface area contributed by atoms with Crippen LogP contribution in [0.1, 0.15) is 32.6 Å². The van der Waals surface area contributed by atoms with Gasteiger partial charge >= 0.3 is 6.09 Å². The van der Waals surface area contributed by atoms with Gasteiger partial charge in [-0.1, -0.05) is 6.42 Å². The van der Waals surface area contributed by atoms with Gasteiger partial charge in [0.05, 0.1) is 12.6 Å². The van der Waals surface area contributed by atoms with Gasteiger partial charge in [0, 0.05) is 6.42 Å². The maximum absolute atomic E-state index is 11.3. The van der Waals surface area contributed by atoms with Crippen LogP contribution in [-0.4, -0.2) is 24.5 Å². The molecule has 74 valence electrons. The fourth-order valence-electron chi connectivity index (χ4n) is 1.45. The number of carbonyl (C=O) groups excluding carboxylic acids is 2. The van der Waals surface area contributed by atoms with Crippen LogP contribution in [0.2, 0.25) is 0 Å². The van der Waals surface area contributed by atoms with Gasteiger partial charge in [0.15, 0.2) is 5.78 Å². The predicted octanol–water partition coefficient (Wildman–Crippen LogP) is 1.24. The van der Waals surface area contributed by atoms with Gasteiger partial charge in [-0.3, -0.25) is 4.79 Å². The third-order valence-electron chi connectivity index (χ3n) is 2.12. The highest BCUT2D eigenvalue weighted by molar-refractivity contribution is 5.87. The molecule has 0 aromatic carbocycles. The molecule has 1 aliphatic carbocycles. The molecule has 0 aliphatic heterocycles. The third kappa shape index (κ3) is 3.05. The normalized spacial score (nSPS) is 22.5. The zero-order valence-electron chi connectivity index (χ0n) is 7.84. The highest BCUT2D eigenvalue weighted by Gasteiger charge is 2.23. The van der Waals surface area contributed by atoms with E-state index in [4.69, 9.17) is 4.74 Å². The number of hydrogen-bond donors (Lipinski definition) is 1. The van der Waals surface area contributed by atoms with Gasteiger partial charge in [-0.2, -0.15) is 0 Å². The molecule has 1 unspecified atom stereocenters. The van der Waals surface area contributed by atoms with Crippen LogP contribution < -0.4 is 5.32 Å². The zero-order chi connectivity index (χ0) is 9.68. The number of ether oxygens (including phenoxy) is 1. The summed E-state index contributed by atoms with van der Waals surface area (Å²) in [5.41, 5.74) is 0. The van der Waals surface area contributed by atoms with Crippen LogP contribution in [0.4, 0.5) is 4.79 Å². The molecule has 0 aromatic heterocycles. The second-order valence-corrected chi connectivity index (χ2v) is 3.13. The Bertz CT molecular complexity index is 203. The number of Topliss-reactive ketones (excluding diaryl/α,β-unsaturated/α-hetero) is 1. The number of hydrogen-bond acceptors (Lipinski definition) is 3. The Morgan fingerprint density at radius 3 is 3.00 bits per heavy atom. The lowest BCUT2D eigenvalue weighted by Crippen LogP contribution is -2.42. The Balaban J connectivity index is 2.33. The van der Waals surface area contributed by atoms with Crippen molar-refractivity contribution in [2.24, 2.45) is 0 Å². The van der Waals surface area contributed by atoms with Gasteiger partial charge in [-0.15, -0.1) is 0 Å². The summed E-state index contributed by atoms with van der Waals surface area (Å²) in [5, 5.41) is 2.56.